The van der Waals surface area contributed by atoms with Crippen molar-refractivity contribution >= 4 is 6.09 Å². The number of unbranched alkanes of at least 4 members (excludes halogenated alkanes) is 1. The van der Waals surface area contributed by atoms with Gasteiger partial charge < -0.3 is 15.2 Å². The van der Waals surface area contributed by atoms with E-state index in [1.165, 1.54) is 0 Å². The second-order valence-electron chi connectivity index (χ2n) is 3.95. The molecule has 0 aliphatic heterocycles. The Kier molecular flexibility index (Phi) is 8.39. The Morgan fingerprint density at radius 2 is 2.19 bits per heavy atom. The molecule has 0 aromatic carbocycles. The lowest BCUT2D eigenvalue weighted by Gasteiger charge is -2.09. The van der Waals surface area contributed by atoms with E-state index in [0.29, 0.717) is 13.2 Å². The van der Waals surface area contributed by atoms with Gasteiger partial charge in [0.2, 0.25) is 0 Å². The number of hydrogen-bond donors (Lipinski definition) is 2. The molecule has 4 nitrogen and oxygen atoms in total. The van der Waals surface area contributed by atoms with Crippen LogP contribution in [0.5, 0.6) is 0 Å². The summed E-state index contributed by atoms with van der Waals surface area (Å²) in [5, 5.41) is 11.8. The summed E-state index contributed by atoms with van der Waals surface area (Å²) in [5.41, 5.74) is 0. The number of nitrogens with one attached hydrogen (secondary N) is 1. The monoisotopic (exact) mass is 229 g/mol. The van der Waals surface area contributed by atoms with Crippen LogP contribution in [-0.4, -0.2) is 24.4 Å². The van der Waals surface area contributed by atoms with Crippen molar-refractivity contribution in [3.8, 4) is 0 Å². The number of amides is 1. The number of aliphatic hydroxyl groups excluding tert-OH is 1. The van der Waals surface area contributed by atoms with Crippen LogP contribution in [0.4, 0.5) is 4.79 Å². The Labute approximate surface area is 97.7 Å². The molecule has 4 heteroatoms. The molecule has 0 bridgehead atoms. The number of aliphatic hydroxyl groups is 1. The van der Waals surface area contributed by atoms with Crippen molar-refractivity contribution in [3.05, 3.63) is 12.3 Å². The predicted octanol–water partition coefficient (Wildman–Crippen LogP) is 3.00. The van der Waals surface area contributed by atoms with E-state index in [9.17, 15) is 4.79 Å². The molecule has 0 spiro atoms. The van der Waals surface area contributed by atoms with Gasteiger partial charge in [0.05, 0.1) is 12.4 Å². The van der Waals surface area contributed by atoms with Crippen molar-refractivity contribution in [3.63, 3.8) is 0 Å². The first-order valence-corrected chi connectivity index (χ1v) is 5.86. The molecule has 1 amide bonds. The average Bonchev–Trinajstić information content (AvgIpc) is 2.25. The van der Waals surface area contributed by atoms with Gasteiger partial charge in [0, 0.05) is 12.5 Å². The molecule has 16 heavy (non-hydrogen) atoms. The SMILES string of the molecule is C=C(O)C(C)CCCCNC(=O)OCCC. The quantitative estimate of drug-likeness (QED) is 0.497. The maximum atomic E-state index is 11.0. The standard InChI is InChI=1S/C12H23NO3/c1-4-9-16-12(15)13-8-6-5-7-10(2)11(3)14/h10,14H,3-9H2,1-2H3,(H,13,15). The molecule has 0 saturated heterocycles. The van der Waals surface area contributed by atoms with Crippen molar-refractivity contribution in [2.24, 2.45) is 5.92 Å². The highest BCUT2D eigenvalue weighted by molar-refractivity contribution is 5.66. The summed E-state index contributed by atoms with van der Waals surface area (Å²) in [6.45, 7) is 8.46. The van der Waals surface area contributed by atoms with Crippen LogP contribution < -0.4 is 5.32 Å². The Hall–Kier alpha value is -1.19. The van der Waals surface area contributed by atoms with Crippen LogP contribution in [0, 0.1) is 5.92 Å². The highest BCUT2D eigenvalue weighted by atomic mass is 16.5. The summed E-state index contributed by atoms with van der Waals surface area (Å²) in [5.74, 6) is 0.363. The molecule has 0 aliphatic rings. The van der Waals surface area contributed by atoms with Crippen LogP contribution in [0.3, 0.4) is 0 Å². The third kappa shape index (κ3) is 8.15. The molecular formula is C12H23NO3. The first-order chi connectivity index (χ1) is 7.57. The molecule has 0 heterocycles. The maximum absolute atomic E-state index is 11.0. The van der Waals surface area contributed by atoms with Crippen molar-refractivity contribution < 1.29 is 14.6 Å². The van der Waals surface area contributed by atoms with Crippen LogP contribution in [-0.2, 0) is 4.74 Å². The van der Waals surface area contributed by atoms with Crippen LogP contribution in [0.25, 0.3) is 0 Å². The van der Waals surface area contributed by atoms with Gasteiger partial charge >= 0.3 is 6.09 Å². The molecule has 0 aromatic heterocycles. The summed E-state index contributed by atoms with van der Waals surface area (Å²) in [4.78, 5) is 11.0. The normalized spacial score (nSPS) is 11.9. The third-order valence-corrected chi connectivity index (χ3v) is 2.34. The summed E-state index contributed by atoms with van der Waals surface area (Å²) in [6.07, 6.45) is 3.22. The molecule has 0 saturated carbocycles. The number of alkyl carbamates (subject to hydrolysis) is 1. The minimum absolute atomic E-state index is 0.132. The summed E-state index contributed by atoms with van der Waals surface area (Å²) < 4.78 is 4.85. The van der Waals surface area contributed by atoms with Gasteiger partial charge in [0.1, 0.15) is 0 Å². The fourth-order valence-corrected chi connectivity index (χ4v) is 1.18. The third-order valence-electron chi connectivity index (χ3n) is 2.34. The van der Waals surface area contributed by atoms with Gasteiger partial charge in [-0.25, -0.2) is 4.79 Å². The van der Waals surface area contributed by atoms with Crippen LogP contribution in [0.2, 0.25) is 0 Å². The van der Waals surface area contributed by atoms with Crippen LogP contribution >= 0.6 is 0 Å². The average molecular weight is 229 g/mol. The Balaban J connectivity index is 3.33. The number of allylic oxidation sites excluding steroid dienone is 1. The van der Waals surface area contributed by atoms with Crippen molar-refractivity contribution in [1.29, 1.82) is 0 Å². The number of rotatable bonds is 8. The smallest absolute Gasteiger partial charge is 0.407 e. The fraction of sp³-hybridized carbons (Fsp3) is 0.750. The first-order valence-electron chi connectivity index (χ1n) is 5.86. The van der Waals surface area contributed by atoms with Crippen LogP contribution in [0.15, 0.2) is 12.3 Å². The molecule has 94 valence electrons. The van der Waals surface area contributed by atoms with E-state index in [-0.39, 0.29) is 17.8 Å². The fourth-order valence-electron chi connectivity index (χ4n) is 1.18. The second kappa shape index (κ2) is 9.07. The zero-order valence-corrected chi connectivity index (χ0v) is 10.3. The van der Waals surface area contributed by atoms with Gasteiger partial charge in [-0.2, -0.15) is 0 Å². The number of ether oxygens (including phenoxy) is 1. The second-order valence-corrected chi connectivity index (χ2v) is 3.95. The summed E-state index contributed by atoms with van der Waals surface area (Å²) in [6, 6.07) is 0. The lowest BCUT2D eigenvalue weighted by molar-refractivity contribution is 0.146. The van der Waals surface area contributed by atoms with E-state index in [1.807, 2.05) is 13.8 Å². The van der Waals surface area contributed by atoms with Crippen molar-refractivity contribution in [2.75, 3.05) is 13.2 Å². The highest BCUT2D eigenvalue weighted by Crippen LogP contribution is 2.12. The minimum Gasteiger partial charge on any atom is -0.513 e. The molecule has 1 atom stereocenters. The molecule has 2 N–H and O–H groups in total. The molecule has 0 fully saturated rings. The van der Waals surface area contributed by atoms with Gasteiger partial charge in [-0.1, -0.05) is 26.8 Å². The maximum Gasteiger partial charge on any atom is 0.407 e. The minimum atomic E-state index is -0.346. The molecule has 1 unspecified atom stereocenters. The van der Waals surface area contributed by atoms with E-state index in [4.69, 9.17) is 9.84 Å². The summed E-state index contributed by atoms with van der Waals surface area (Å²) in [7, 11) is 0. The highest BCUT2D eigenvalue weighted by Gasteiger charge is 2.04. The molecule has 0 radical (unpaired) electrons. The molecule has 0 rings (SSSR count). The van der Waals surface area contributed by atoms with Gasteiger partial charge in [0.25, 0.3) is 0 Å². The van der Waals surface area contributed by atoms with Gasteiger partial charge in [-0.05, 0) is 19.3 Å². The number of hydrogen-bond acceptors (Lipinski definition) is 3. The van der Waals surface area contributed by atoms with E-state index < -0.39 is 0 Å². The Morgan fingerprint density at radius 3 is 2.75 bits per heavy atom. The molecule has 0 aromatic rings. The van der Waals surface area contributed by atoms with Crippen molar-refractivity contribution in [1.82, 2.24) is 5.32 Å². The summed E-state index contributed by atoms with van der Waals surface area (Å²) >= 11 is 0. The predicted molar refractivity (Wildman–Crippen MR) is 64.4 cm³/mol. The zero-order valence-electron chi connectivity index (χ0n) is 10.3. The first kappa shape index (κ1) is 14.8. The van der Waals surface area contributed by atoms with E-state index in [2.05, 4.69) is 11.9 Å². The Morgan fingerprint density at radius 1 is 1.50 bits per heavy atom. The topological polar surface area (TPSA) is 58.6 Å². The number of carbonyl (C=O) groups excluding carboxylic acids is 1. The molecular weight excluding hydrogens is 206 g/mol. The Bertz CT molecular complexity index is 216. The van der Waals surface area contributed by atoms with Gasteiger partial charge in [-0.3, -0.25) is 0 Å². The number of carbonyl (C=O) groups is 1. The van der Waals surface area contributed by atoms with Gasteiger partial charge in [0.15, 0.2) is 0 Å². The van der Waals surface area contributed by atoms with E-state index in [0.717, 1.165) is 25.7 Å². The van der Waals surface area contributed by atoms with E-state index >= 15 is 0 Å². The molecule has 0 aliphatic carbocycles. The lowest BCUT2D eigenvalue weighted by Crippen LogP contribution is -2.25. The van der Waals surface area contributed by atoms with E-state index in [1.54, 1.807) is 0 Å². The van der Waals surface area contributed by atoms with Gasteiger partial charge in [-0.15, -0.1) is 0 Å². The largest absolute Gasteiger partial charge is 0.513 e. The zero-order chi connectivity index (χ0) is 12.4. The van der Waals surface area contributed by atoms with Crippen LogP contribution in [0.1, 0.15) is 39.5 Å². The lowest BCUT2D eigenvalue weighted by atomic mass is 10.0. The van der Waals surface area contributed by atoms with Crippen molar-refractivity contribution in [2.45, 2.75) is 39.5 Å².